The predicted molar refractivity (Wildman–Crippen MR) is 114 cm³/mol. The molecule has 1 aromatic carbocycles. The molecule has 5 nitrogen and oxygen atoms in total. The maximum atomic E-state index is 13.2. The summed E-state index contributed by atoms with van der Waals surface area (Å²) >= 11 is 0. The molecule has 5 rings (SSSR count). The summed E-state index contributed by atoms with van der Waals surface area (Å²) in [4.78, 5) is 24.2. The van der Waals surface area contributed by atoms with E-state index in [1.807, 2.05) is 24.4 Å². The van der Waals surface area contributed by atoms with Crippen LogP contribution in [-0.4, -0.2) is 20.4 Å². The largest absolute Gasteiger partial charge is 0.327 e. The van der Waals surface area contributed by atoms with Gasteiger partial charge in [-0.05, 0) is 67.9 Å². The van der Waals surface area contributed by atoms with E-state index in [0.717, 1.165) is 28.6 Å². The first-order valence-corrected chi connectivity index (χ1v) is 10.5. The maximum Gasteiger partial charge on any atom is 0.260 e. The molecule has 0 radical (unpaired) electrons. The van der Waals surface area contributed by atoms with E-state index in [0.29, 0.717) is 24.3 Å². The Kier molecular flexibility index (Phi) is 4.26. The third-order valence-corrected chi connectivity index (χ3v) is 6.25. The molecular weight excluding hydrogens is 360 g/mol. The number of fused-ring (bicyclic) bond motifs is 1. The van der Waals surface area contributed by atoms with Crippen molar-refractivity contribution in [1.29, 1.82) is 0 Å². The number of anilines is 1. The van der Waals surface area contributed by atoms with Crippen molar-refractivity contribution in [2.45, 2.75) is 52.1 Å². The second-order valence-electron chi connectivity index (χ2n) is 8.71. The Bertz CT molecular complexity index is 1080. The maximum absolute atomic E-state index is 13.2. The fraction of sp³-hybridized carbons (Fsp3) is 0.375. The molecule has 0 atom stereocenters. The number of nitrogens with zero attached hydrogens (tertiary/aromatic N) is 4. The van der Waals surface area contributed by atoms with Gasteiger partial charge in [0, 0.05) is 24.0 Å². The van der Waals surface area contributed by atoms with Gasteiger partial charge < -0.3 is 4.57 Å². The molecule has 5 heteroatoms. The fourth-order valence-corrected chi connectivity index (χ4v) is 4.56. The van der Waals surface area contributed by atoms with E-state index in [1.165, 1.54) is 18.4 Å². The first-order valence-electron chi connectivity index (χ1n) is 10.5. The van der Waals surface area contributed by atoms with Crippen LogP contribution in [0.1, 0.15) is 67.1 Å². The Labute approximate surface area is 171 Å². The molecule has 1 fully saturated rings. The van der Waals surface area contributed by atoms with Gasteiger partial charge in [0.1, 0.15) is 11.5 Å². The molecule has 1 saturated carbocycles. The molecule has 29 heavy (non-hydrogen) atoms. The van der Waals surface area contributed by atoms with Crippen LogP contribution in [0.4, 0.5) is 5.82 Å². The molecule has 1 aliphatic carbocycles. The van der Waals surface area contributed by atoms with Gasteiger partial charge in [-0.3, -0.25) is 9.69 Å². The zero-order valence-electron chi connectivity index (χ0n) is 17.2. The summed E-state index contributed by atoms with van der Waals surface area (Å²) in [6.07, 6.45) is 6.21. The van der Waals surface area contributed by atoms with Crippen molar-refractivity contribution in [2.75, 3.05) is 4.90 Å². The summed E-state index contributed by atoms with van der Waals surface area (Å²) in [6.45, 7) is 7.11. The molecule has 2 aromatic heterocycles. The minimum Gasteiger partial charge on any atom is -0.327 e. The first-order chi connectivity index (χ1) is 14.0. The van der Waals surface area contributed by atoms with E-state index in [4.69, 9.17) is 4.98 Å². The summed E-state index contributed by atoms with van der Waals surface area (Å²) < 4.78 is 2.10. The van der Waals surface area contributed by atoms with Gasteiger partial charge in [-0.1, -0.05) is 25.1 Å². The third-order valence-electron chi connectivity index (χ3n) is 6.25. The lowest BCUT2D eigenvalue weighted by molar-refractivity contribution is 0.0996. The normalized spacial score (nSPS) is 20.8. The van der Waals surface area contributed by atoms with Crippen molar-refractivity contribution >= 4 is 11.7 Å². The standard InChI is InChI=1S/C24H26N4O/c1-15(2)27-10-9-25-23(27)21-5-4-6-22(26-21)28-14-18-8-7-17(13-20(18)24(28)29)19-11-16(3)12-19/h4-10,13,15-16,19H,11-12,14H2,1-3H3. The van der Waals surface area contributed by atoms with Crippen molar-refractivity contribution in [1.82, 2.24) is 14.5 Å². The highest BCUT2D eigenvalue weighted by atomic mass is 16.2. The van der Waals surface area contributed by atoms with Crippen LogP contribution in [0.3, 0.4) is 0 Å². The number of carbonyl (C=O) groups is 1. The molecule has 0 saturated heterocycles. The van der Waals surface area contributed by atoms with Gasteiger partial charge in [-0.2, -0.15) is 0 Å². The second-order valence-corrected chi connectivity index (χ2v) is 8.71. The van der Waals surface area contributed by atoms with E-state index in [2.05, 4.69) is 48.5 Å². The molecule has 148 valence electrons. The number of imidazole rings is 1. The quantitative estimate of drug-likeness (QED) is 0.619. The van der Waals surface area contributed by atoms with E-state index in [9.17, 15) is 4.79 Å². The highest BCUT2D eigenvalue weighted by Gasteiger charge is 2.32. The van der Waals surface area contributed by atoms with Crippen LogP contribution in [-0.2, 0) is 6.54 Å². The van der Waals surface area contributed by atoms with Gasteiger partial charge in [-0.25, -0.2) is 9.97 Å². The number of amides is 1. The highest BCUT2D eigenvalue weighted by Crippen LogP contribution is 2.42. The van der Waals surface area contributed by atoms with Crippen LogP contribution in [0.2, 0.25) is 0 Å². The Morgan fingerprint density at radius 2 is 1.97 bits per heavy atom. The average Bonchev–Trinajstić information content (AvgIpc) is 3.31. The number of aromatic nitrogens is 3. The Balaban J connectivity index is 1.44. The lowest BCUT2D eigenvalue weighted by atomic mass is 9.72. The van der Waals surface area contributed by atoms with Gasteiger partial charge in [-0.15, -0.1) is 0 Å². The molecule has 1 amide bonds. The summed E-state index contributed by atoms with van der Waals surface area (Å²) in [5.74, 6) is 2.96. The fourth-order valence-electron chi connectivity index (χ4n) is 4.56. The molecular formula is C24H26N4O. The number of hydrogen-bond donors (Lipinski definition) is 0. The van der Waals surface area contributed by atoms with Crippen LogP contribution in [0.15, 0.2) is 48.8 Å². The number of hydrogen-bond acceptors (Lipinski definition) is 3. The van der Waals surface area contributed by atoms with Crippen LogP contribution in [0.25, 0.3) is 11.5 Å². The van der Waals surface area contributed by atoms with Crippen molar-refractivity contribution in [3.05, 3.63) is 65.5 Å². The Hall–Kier alpha value is -2.95. The minimum atomic E-state index is 0.0473. The van der Waals surface area contributed by atoms with E-state index in [-0.39, 0.29) is 5.91 Å². The van der Waals surface area contributed by atoms with Crippen molar-refractivity contribution in [3.63, 3.8) is 0 Å². The first kappa shape index (κ1) is 18.1. The monoisotopic (exact) mass is 386 g/mol. The van der Waals surface area contributed by atoms with Gasteiger partial charge in [0.2, 0.25) is 0 Å². The van der Waals surface area contributed by atoms with Crippen molar-refractivity contribution in [2.24, 2.45) is 5.92 Å². The Morgan fingerprint density at radius 3 is 2.72 bits per heavy atom. The second kappa shape index (κ2) is 6.83. The van der Waals surface area contributed by atoms with Crippen LogP contribution in [0.5, 0.6) is 0 Å². The molecule has 0 spiro atoms. The topological polar surface area (TPSA) is 51.0 Å². The molecule has 3 aromatic rings. The summed E-state index contributed by atoms with van der Waals surface area (Å²) in [6, 6.07) is 12.6. The van der Waals surface area contributed by atoms with E-state index < -0.39 is 0 Å². The van der Waals surface area contributed by atoms with Crippen LogP contribution in [0, 0.1) is 5.92 Å². The zero-order valence-corrected chi connectivity index (χ0v) is 17.2. The number of carbonyl (C=O) groups excluding carboxylic acids is 1. The van der Waals surface area contributed by atoms with Crippen molar-refractivity contribution in [3.8, 4) is 11.5 Å². The molecule has 0 bridgehead atoms. The number of pyridine rings is 1. The SMILES string of the molecule is CC1CC(c2ccc3c(c2)C(=O)N(c2cccc(-c4nccn4C(C)C)n2)C3)C1. The molecule has 2 aliphatic rings. The smallest absolute Gasteiger partial charge is 0.260 e. The lowest BCUT2D eigenvalue weighted by Gasteiger charge is -2.33. The summed E-state index contributed by atoms with van der Waals surface area (Å²) in [5.41, 5.74) is 4.01. The zero-order chi connectivity index (χ0) is 20.1. The molecule has 0 N–H and O–H groups in total. The van der Waals surface area contributed by atoms with Gasteiger partial charge >= 0.3 is 0 Å². The number of benzene rings is 1. The Morgan fingerprint density at radius 1 is 1.14 bits per heavy atom. The van der Waals surface area contributed by atoms with E-state index in [1.54, 1.807) is 11.1 Å². The summed E-state index contributed by atoms with van der Waals surface area (Å²) in [5, 5.41) is 0. The molecule has 3 heterocycles. The van der Waals surface area contributed by atoms with Crippen LogP contribution < -0.4 is 4.90 Å². The minimum absolute atomic E-state index is 0.0473. The van der Waals surface area contributed by atoms with Crippen LogP contribution >= 0.6 is 0 Å². The summed E-state index contributed by atoms with van der Waals surface area (Å²) in [7, 11) is 0. The van der Waals surface area contributed by atoms with Gasteiger partial charge in [0.25, 0.3) is 5.91 Å². The number of rotatable bonds is 4. The van der Waals surface area contributed by atoms with Crippen molar-refractivity contribution < 1.29 is 4.79 Å². The van der Waals surface area contributed by atoms with Gasteiger partial charge in [0.05, 0.1) is 6.54 Å². The lowest BCUT2D eigenvalue weighted by Crippen LogP contribution is -2.24. The van der Waals surface area contributed by atoms with Gasteiger partial charge in [0.15, 0.2) is 5.82 Å². The predicted octanol–water partition coefficient (Wildman–Crippen LogP) is 5.20. The highest BCUT2D eigenvalue weighted by molar-refractivity contribution is 6.09. The molecule has 0 unspecified atom stereocenters. The average molecular weight is 386 g/mol. The third kappa shape index (κ3) is 3.05. The van der Waals surface area contributed by atoms with E-state index >= 15 is 0 Å². The molecule has 1 aliphatic heterocycles.